The standard InChI is InChI=1S/C9H12ClN5O/c1-2-15(4-3-10)9-13-7-6(8(16)14-9)11-5-12-7/h5H,2-4H2,1H3,(H2,11,12,13,14,16). The zero-order valence-electron chi connectivity index (χ0n) is 8.83. The topological polar surface area (TPSA) is 77.7 Å². The van der Waals surface area contributed by atoms with E-state index in [4.69, 9.17) is 11.6 Å². The number of H-pyrrole nitrogens is 2. The van der Waals surface area contributed by atoms with Gasteiger partial charge in [0.05, 0.1) is 6.33 Å². The second kappa shape index (κ2) is 4.52. The third kappa shape index (κ3) is 1.88. The third-order valence-corrected chi connectivity index (χ3v) is 2.49. The van der Waals surface area contributed by atoms with Crippen LogP contribution in [-0.2, 0) is 0 Å². The lowest BCUT2D eigenvalue weighted by Gasteiger charge is -2.19. The fraction of sp³-hybridized carbons (Fsp3) is 0.444. The fourth-order valence-electron chi connectivity index (χ4n) is 1.50. The van der Waals surface area contributed by atoms with Gasteiger partial charge in [0.2, 0.25) is 5.95 Å². The van der Waals surface area contributed by atoms with E-state index in [1.807, 2.05) is 11.8 Å². The first-order valence-corrected chi connectivity index (χ1v) is 5.54. The van der Waals surface area contributed by atoms with Gasteiger partial charge in [-0.05, 0) is 6.92 Å². The maximum atomic E-state index is 11.7. The van der Waals surface area contributed by atoms with Gasteiger partial charge in [-0.3, -0.25) is 9.78 Å². The van der Waals surface area contributed by atoms with Crippen LogP contribution in [0.4, 0.5) is 5.95 Å². The zero-order valence-corrected chi connectivity index (χ0v) is 9.58. The van der Waals surface area contributed by atoms with Crippen LogP contribution in [0.5, 0.6) is 0 Å². The highest BCUT2D eigenvalue weighted by Crippen LogP contribution is 2.08. The summed E-state index contributed by atoms with van der Waals surface area (Å²) in [4.78, 5) is 27.2. The molecule has 2 aromatic heterocycles. The monoisotopic (exact) mass is 241 g/mol. The molecule has 0 aliphatic heterocycles. The predicted octanol–water partition coefficient (Wildman–Crippen LogP) is 0.711. The summed E-state index contributed by atoms with van der Waals surface area (Å²) in [5, 5.41) is 0. The minimum atomic E-state index is -0.217. The van der Waals surface area contributed by atoms with E-state index in [0.29, 0.717) is 29.5 Å². The molecule has 6 nitrogen and oxygen atoms in total. The number of alkyl halides is 1. The van der Waals surface area contributed by atoms with Gasteiger partial charge in [0, 0.05) is 19.0 Å². The Morgan fingerprint density at radius 3 is 3.06 bits per heavy atom. The number of anilines is 1. The number of hydrogen-bond acceptors (Lipinski definition) is 4. The molecule has 0 fully saturated rings. The molecule has 2 N–H and O–H groups in total. The van der Waals surface area contributed by atoms with E-state index < -0.39 is 0 Å². The molecule has 86 valence electrons. The van der Waals surface area contributed by atoms with E-state index in [1.54, 1.807) is 0 Å². The number of aromatic nitrogens is 4. The maximum Gasteiger partial charge on any atom is 0.278 e. The Kier molecular flexibility index (Phi) is 3.09. The number of rotatable bonds is 4. The van der Waals surface area contributed by atoms with Crippen molar-refractivity contribution in [3.63, 3.8) is 0 Å². The number of nitrogens with one attached hydrogen (secondary N) is 2. The van der Waals surface area contributed by atoms with Crippen molar-refractivity contribution in [2.45, 2.75) is 6.92 Å². The van der Waals surface area contributed by atoms with Gasteiger partial charge in [-0.15, -0.1) is 11.6 Å². The molecule has 0 unspecified atom stereocenters. The molecule has 0 saturated carbocycles. The van der Waals surface area contributed by atoms with E-state index in [0.717, 1.165) is 6.54 Å². The molecule has 0 aliphatic rings. The van der Waals surface area contributed by atoms with E-state index in [-0.39, 0.29) is 5.56 Å². The van der Waals surface area contributed by atoms with Crippen LogP contribution in [-0.4, -0.2) is 38.9 Å². The van der Waals surface area contributed by atoms with Crippen LogP contribution in [0.2, 0.25) is 0 Å². The molecular weight excluding hydrogens is 230 g/mol. The number of imidazole rings is 1. The van der Waals surface area contributed by atoms with Gasteiger partial charge >= 0.3 is 0 Å². The van der Waals surface area contributed by atoms with Crippen LogP contribution >= 0.6 is 11.6 Å². The first-order chi connectivity index (χ1) is 7.76. The van der Waals surface area contributed by atoms with Gasteiger partial charge in [-0.25, -0.2) is 4.98 Å². The molecule has 0 amide bonds. The van der Waals surface area contributed by atoms with Crippen LogP contribution in [0, 0.1) is 0 Å². The molecule has 0 atom stereocenters. The Balaban J connectivity index is 2.47. The van der Waals surface area contributed by atoms with E-state index >= 15 is 0 Å². The average Bonchev–Trinajstić information content (AvgIpc) is 2.74. The Morgan fingerprint density at radius 2 is 2.38 bits per heavy atom. The van der Waals surface area contributed by atoms with Gasteiger partial charge in [0.25, 0.3) is 5.56 Å². The van der Waals surface area contributed by atoms with Crippen molar-refractivity contribution >= 4 is 28.7 Å². The second-order valence-electron chi connectivity index (χ2n) is 3.26. The molecule has 16 heavy (non-hydrogen) atoms. The molecule has 2 heterocycles. The lowest BCUT2D eigenvalue weighted by Crippen LogP contribution is -2.29. The van der Waals surface area contributed by atoms with Gasteiger partial charge in [0.15, 0.2) is 11.2 Å². The summed E-state index contributed by atoms with van der Waals surface area (Å²) in [6.45, 7) is 3.34. The molecule has 0 bridgehead atoms. The van der Waals surface area contributed by atoms with Crippen molar-refractivity contribution < 1.29 is 0 Å². The largest absolute Gasteiger partial charge is 0.341 e. The van der Waals surface area contributed by atoms with E-state index in [9.17, 15) is 4.79 Å². The highest BCUT2D eigenvalue weighted by molar-refractivity contribution is 6.18. The van der Waals surface area contributed by atoms with Gasteiger partial charge in [-0.1, -0.05) is 0 Å². The summed E-state index contributed by atoms with van der Waals surface area (Å²) in [5.74, 6) is 0.989. The number of fused-ring (bicyclic) bond motifs is 1. The molecule has 0 spiro atoms. The van der Waals surface area contributed by atoms with Crippen LogP contribution < -0.4 is 10.5 Å². The van der Waals surface area contributed by atoms with Crippen LogP contribution in [0.15, 0.2) is 11.1 Å². The maximum absolute atomic E-state index is 11.7. The molecule has 0 saturated heterocycles. The Bertz CT molecular complexity index is 534. The Labute approximate surface area is 96.7 Å². The van der Waals surface area contributed by atoms with Crippen molar-refractivity contribution in [2.24, 2.45) is 0 Å². The zero-order chi connectivity index (χ0) is 11.5. The minimum Gasteiger partial charge on any atom is -0.341 e. The van der Waals surface area contributed by atoms with E-state index in [1.165, 1.54) is 6.33 Å². The van der Waals surface area contributed by atoms with Crippen LogP contribution in [0.3, 0.4) is 0 Å². The van der Waals surface area contributed by atoms with E-state index in [2.05, 4.69) is 19.9 Å². The molecule has 7 heteroatoms. The van der Waals surface area contributed by atoms with Gasteiger partial charge < -0.3 is 9.88 Å². The normalized spacial score (nSPS) is 10.9. The summed E-state index contributed by atoms with van der Waals surface area (Å²) >= 11 is 5.68. The number of nitrogens with zero attached hydrogens (tertiary/aromatic N) is 3. The fourth-order valence-corrected chi connectivity index (χ4v) is 1.70. The van der Waals surface area contributed by atoms with Crippen molar-refractivity contribution in [1.82, 2.24) is 19.9 Å². The predicted molar refractivity (Wildman–Crippen MR) is 63.1 cm³/mol. The highest BCUT2D eigenvalue weighted by atomic mass is 35.5. The first kappa shape index (κ1) is 10.9. The molecule has 0 radical (unpaired) electrons. The van der Waals surface area contributed by atoms with Gasteiger partial charge in [0.1, 0.15) is 0 Å². The molecule has 2 rings (SSSR count). The molecule has 0 aromatic carbocycles. The number of aromatic amines is 2. The number of halogens is 1. The summed E-state index contributed by atoms with van der Waals surface area (Å²) < 4.78 is 0. The smallest absolute Gasteiger partial charge is 0.278 e. The Morgan fingerprint density at radius 1 is 1.56 bits per heavy atom. The number of hydrogen-bond donors (Lipinski definition) is 2. The summed E-state index contributed by atoms with van der Waals surface area (Å²) in [6.07, 6.45) is 1.45. The van der Waals surface area contributed by atoms with Crippen molar-refractivity contribution in [2.75, 3.05) is 23.9 Å². The lowest BCUT2D eigenvalue weighted by molar-refractivity contribution is 0.824. The first-order valence-electron chi connectivity index (χ1n) is 5.00. The van der Waals surface area contributed by atoms with Crippen molar-refractivity contribution in [1.29, 1.82) is 0 Å². The van der Waals surface area contributed by atoms with Crippen LogP contribution in [0.25, 0.3) is 11.2 Å². The molecule has 0 aliphatic carbocycles. The summed E-state index contributed by atoms with van der Waals surface area (Å²) in [6, 6.07) is 0. The minimum absolute atomic E-state index is 0.217. The molecule has 2 aromatic rings. The van der Waals surface area contributed by atoms with Crippen LogP contribution in [0.1, 0.15) is 6.92 Å². The van der Waals surface area contributed by atoms with Gasteiger partial charge in [-0.2, -0.15) is 4.98 Å². The van der Waals surface area contributed by atoms with Crippen molar-refractivity contribution in [3.05, 3.63) is 16.7 Å². The quantitative estimate of drug-likeness (QED) is 0.773. The average molecular weight is 242 g/mol. The summed E-state index contributed by atoms with van der Waals surface area (Å²) in [7, 11) is 0. The SMILES string of the molecule is CCN(CCCl)c1nc2nc[nH]c2c(=O)[nH]1. The highest BCUT2D eigenvalue weighted by Gasteiger charge is 2.10. The second-order valence-corrected chi connectivity index (χ2v) is 3.64. The molecular formula is C9H12ClN5O. The van der Waals surface area contributed by atoms with Crippen molar-refractivity contribution in [3.8, 4) is 0 Å². The third-order valence-electron chi connectivity index (χ3n) is 2.32. The summed E-state index contributed by atoms with van der Waals surface area (Å²) in [5.41, 5.74) is 0.600. The Hall–Kier alpha value is -1.56. The lowest BCUT2D eigenvalue weighted by atomic mass is 10.5.